The zero-order valence-corrected chi connectivity index (χ0v) is 13.1. The summed E-state index contributed by atoms with van der Waals surface area (Å²) in [5, 5.41) is 0. The van der Waals surface area contributed by atoms with Crippen molar-refractivity contribution in [2.24, 2.45) is 0 Å². The van der Waals surface area contributed by atoms with E-state index < -0.39 is 0 Å². The Bertz CT molecular complexity index is 469. The molecule has 0 aliphatic carbocycles. The summed E-state index contributed by atoms with van der Waals surface area (Å²) in [6.07, 6.45) is 0.879. The van der Waals surface area contributed by atoms with Crippen molar-refractivity contribution in [1.82, 2.24) is 0 Å². The first-order valence-electron chi connectivity index (χ1n) is 7.07. The van der Waals surface area contributed by atoms with E-state index in [2.05, 4.69) is 57.7 Å². The van der Waals surface area contributed by atoms with Crippen LogP contribution in [0, 0.1) is 11.8 Å². The summed E-state index contributed by atoms with van der Waals surface area (Å²) in [5.74, 6) is 7.54. The average molecular weight is 258 g/mol. The van der Waals surface area contributed by atoms with Crippen LogP contribution < -0.4 is 4.74 Å². The first-order chi connectivity index (χ1) is 8.90. The third-order valence-corrected chi connectivity index (χ3v) is 3.29. The fraction of sp³-hybridized carbons (Fsp3) is 0.556. The van der Waals surface area contributed by atoms with Gasteiger partial charge in [0, 0.05) is 6.42 Å². The van der Waals surface area contributed by atoms with Crippen LogP contribution >= 0.6 is 0 Å². The van der Waals surface area contributed by atoms with Gasteiger partial charge in [0.2, 0.25) is 0 Å². The van der Waals surface area contributed by atoms with Crippen molar-refractivity contribution in [3.05, 3.63) is 29.3 Å². The predicted molar refractivity (Wildman–Crippen MR) is 82.8 cm³/mol. The molecule has 0 amide bonds. The molecule has 0 N–H and O–H groups in total. The molecule has 0 aliphatic rings. The van der Waals surface area contributed by atoms with Crippen LogP contribution in [-0.4, -0.2) is 6.61 Å². The second-order valence-electron chi connectivity index (χ2n) is 5.97. The fourth-order valence-corrected chi connectivity index (χ4v) is 2.05. The van der Waals surface area contributed by atoms with E-state index in [1.807, 2.05) is 13.8 Å². The highest BCUT2D eigenvalue weighted by Crippen LogP contribution is 2.33. The van der Waals surface area contributed by atoms with Gasteiger partial charge in [-0.15, -0.1) is 11.8 Å². The number of hydrogen-bond acceptors (Lipinski definition) is 1. The maximum Gasteiger partial charge on any atom is 0.122 e. The molecule has 1 rings (SSSR count). The Balaban J connectivity index is 3.17. The Hall–Kier alpha value is -1.42. The molecule has 0 saturated heterocycles. The molecule has 0 aliphatic heterocycles. The van der Waals surface area contributed by atoms with Crippen LogP contribution in [0.15, 0.2) is 18.2 Å². The van der Waals surface area contributed by atoms with Crippen LogP contribution in [0.2, 0.25) is 0 Å². The molecule has 0 fully saturated rings. The maximum absolute atomic E-state index is 5.76. The number of rotatable bonds is 4. The molecule has 0 spiro atoms. The molecule has 1 nitrogen and oxygen atoms in total. The van der Waals surface area contributed by atoms with Gasteiger partial charge >= 0.3 is 0 Å². The molecule has 1 atom stereocenters. The van der Waals surface area contributed by atoms with Gasteiger partial charge < -0.3 is 4.74 Å². The Labute approximate surface area is 118 Å². The van der Waals surface area contributed by atoms with Gasteiger partial charge in [0.05, 0.1) is 6.61 Å². The lowest BCUT2D eigenvalue weighted by Crippen LogP contribution is -2.12. The van der Waals surface area contributed by atoms with Gasteiger partial charge in [0.15, 0.2) is 0 Å². The van der Waals surface area contributed by atoms with Gasteiger partial charge in [-0.05, 0) is 42.4 Å². The monoisotopic (exact) mass is 258 g/mol. The summed E-state index contributed by atoms with van der Waals surface area (Å²) >= 11 is 0. The summed E-state index contributed by atoms with van der Waals surface area (Å²) in [5.41, 5.74) is 2.79. The summed E-state index contributed by atoms with van der Waals surface area (Å²) in [7, 11) is 0. The molecule has 0 heterocycles. The van der Waals surface area contributed by atoms with Gasteiger partial charge in [-0.2, -0.15) is 0 Å². The predicted octanol–water partition coefficient (Wildman–Crippen LogP) is 4.90. The summed E-state index contributed by atoms with van der Waals surface area (Å²) in [6.45, 7) is 13.6. The second-order valence-corrected chi connectivity index (χ2v) is 5.97. The van der Waals surface area contributed by atoms with Crippen LogP contribution in [0.5, 0.6) is 5.75 Å². The van der Waals surface area contributed by atoms with E-state index in [9.17, 15) is 0 Å². The largest absolute Gasteiger partial charge is 0.494 e. The Morgan fingerprint density at radius 2 is 1.95 bits per heavy atom. The SMILES string of the molecule is CC#CCC(C)c1cc(C(C)(C)C)ccc1OCC. The third-order valence-electron chi connectivity index (χ3n) is 3.29. The molecule has 19 heavy (non-hydrogen) atoms. The third kappa shape index (κ3) is 4.31. The Morgan fingerprint density at radius 3 is 2.47 bits per heavy atom. The van der Waals surface area contributed by atoms with Crippen molar-refractivity contribution in [3.63, 3.8) is 0 Å². The van der Waals surface area contributed by atoms with E-state index in [4.69, 9.17) is 4.74 Å². The molecular formula is C18H26O. The highest BCUT2D eigenvalue weighted by molar-refractivity contribution is 5.42. The molecule has 104 valence electrons. The maximum atomic E-state index is 5.76. The Morgan fingerprint density at radius 1 is 1.26 bits per heavy atom. The highest BCUT2D eigenvalue weighted by atomic mass is 16.5. The number of hydrogen-bond donors (Lipinski definition) is 0. The van der Waals surface area contributed by atoms with E-state index in [-0.39, 0.29) is 5.41 Å². The second kappa shape index (κ2) is 6.66. The quantitative estimate of drug-likeness (QED) is 0.698. The van der Waals surface area contributed by atoms with E-state index in [1.165, 1.54) is 11.1 Å². The summed E-state index contributed by atoms with van der Waals surface area (Å²) < 4.78 is 5.76. The van der Waals surface area contributed by atoms with Gasteiger partial charge in [-0.25, -0.2) is 0 Å². The van der Waals surface area contributed by atoms with Crippen LogP contribution in [0.25, 0.3) is 0 Å². The van der Waals surface area contributed by atoms with Crippen molar-refractivity contribution < 1.29 is 4.74 Å². The highest BCUT2D eigenvalue weighted by Gasteiger charge is 2.18. The van der Waals surface area contributed by atoms with Gasteiger partial charge in [0.25, 0.3) is 0 Å². The normalized spacial score (nSPS) is 12.5. The lowest BCUT2D eigenvalue weighted by molar-refractivity contribution is 0.334. The van der Waals surface area contributed by atoms with Crippen LogP contribution in [0.1, 0.15) is 65.0 Å². The molecular weight excluding hydrogens is 232 g/mol. The van der Waals surface area contributed by atoms with Crippen molar-refractivity contribution in [2.75, 3.05) is 6.61 Å². The fourth-order valence-electron chi connectivity index (χ4n) is 2.05. The lowest BCUT2D eigenvalue weighted by atomic mass is 9.84. The molecule has 1 aromatic rings. The zero-order valence-electron chi connectivity index (χ0n) is 13.1. The van der Waals surface area contributed by atoms with Crippen molar-refractivity contribution in [1.29, 1.82) is 0 Å². The number of benzene rings is 1. The van der Waals surface area contributed by atoms with Crippen LogP contribution in [0.4, 0.5) is 0 Å². The van der Waals surface area contributed by atoms with Crippen LogP contribution in [0.3, 0.4) is 0 Å². The van der Waals surface area contributed by atoms with E-state index in [0.29, 0.717) is 12.5 Å². The lowest BCUT2D eigenvalue weighted by Gasteiger charge is -2.23. The standard InChI is InChI=1S/C18H26O/c1-7-9-10-14(3)16-13-15(18(4,5)6)11-12-17(16)19-8-2/h11-14H,8,10H2,1-6H3. The average Bonchev–Trinajstić information content (AvgIpc) is 2.35. The minimum Gasteiger partial charge on any atom is -0.494 e. The molecule has 0 aromatic heterocycles. The van der Waals surface area contributed by atoms with Crippen LogP contribution in [-0.2, 0) is 5.41 Å². The molecule has 0 radical (unpaired) electrons. The topological polar surface area (TPSA) is 9.23 Å². The molecule has 0 saturated carbocycles. The van der Waals surface area contributed by atoms with Crippen molar-refractivity contribution in [3.8, 4) is 17.6 Å². The minimum atomic E-state index is 0.162. The molecule has 1 heteroatoms. The van der Waals surface area contributed by atoms with E-state index in [1.54, 1.807) is 0 Å². The Kier molecular flexibility index (Phi) is 5.48. The van der Waals surface area contributed by atoms with E-state index in [0.717, 1.165) is 12.2 Å². The molecule has 1 unspecified atom stereocenters. The summed E-state index contributed by atoms with van der Waals surface area (Å²) in [4.78, 5) is 0. The van der Waals surface area contributed by atoms with Gasteiger partial charge in [0.1, 0.15) is 5.75 Å². The smallest absolute Gasteiger partial charge is 0.122 e. The number of ether oxygens (including phenoxy) is 1. The minimum absolute atomic E-state index is 0.162. The van der Waals surface area contributed by atoms with Crippen molar-refractivity contribution in [2.45, 2.75) is 59.3 Å². The van der Waals surface area contributed by atoms with Gasteiger partial charge in [-0.1, -0.05) is 39.8 Å². The molecule has 0 bridgehead atoms. The van der Waals surface area contributed by atoms with E-state index >= 15 is 0 Å². The van der Waals surface area contributed by atoms with Gasteiger partial charge in [-0.3, -0.25) is 0 Å². The summed E-state index contributed by atoms with van der Waals surface area (Å²) in [6, 6.07) is 6.56. The van der Waals surface area contributed by atoms with Crippen molar-refractivity contribution >= 4 is 0 Å². The molecule has 1 aromatic carbocycles. The first-order valence-corrected chi connectivity index (χ1v) is 7.07. The first kappa shape index (κ1) is 15.6. The zero-order chi connectivity index (χ0) is 14.5.